The van der Waals surface area contributed by atoms with E-state index in [0.717, 1.165) is 26.9 Å². The van der Waals surface area contributed by atoms with E-state index in [1.54, 1.807) is 0 Å². The van der Waals surface area contributed by atoms with Crippen LogP contribution in [-0.2, 0) is 19.7 Å². The number of para-hydroxylation sites is 1. The predicted octanol–water partition coefficient (Wildman–Crippen LogP) is 5.48. The lowest BCUT2D eigenvalue weighted by molar-refractivity contribution is -0.157. The number of benzene rings is 3. The summed E-state index contributed by atoms with van der Waals surface area (Å²) in [5, 5.41) is 6.66. The van der Waals surface area contributed by atoms with Crippen LogP contribution in [0.15, 0.2) is 83.3 Å². The third-order valence-electron chi connectivity index (χ3n) is 6.64. The summed E-state index contributed by atoms with van der Waals surface area (Å²) in [5.41, 5.74) is 1.83. The minimum Gasteiger partial charge on any atom is -0.459 e. The number of nitrogens with one attached hydrogen (secondary N) is 2. The average molecular weight is 519 g/mol. The van der Waals surface area contributed by atoms with Crippen molar-refractivity contribution in [3.8, 4) is 0 Å². The second-order valence-corrected chi connectivity index (χ2v) is 10.8. The number of ether oxygens (including phenoxy) is 1. The first-order chi connectivity index (χ1) is 16.2. The number of halogens is 1. The van der Waals surface area contributed by atoms with Crippen LogP contribution in [0, 0.1) is 0 Å². The predicted molar refractivity (Wildman–Crippen MR) is 136 cm³/mol. The summed E-state index contributed by atoms with van der Waals surface area (Å²) in [4.78, 5) is 27.7. The molecule has 2 N–H and O–H groups in total. The number of fused-ring (bicyclic) bond motifs is 2. The first-order valence-corrected chi connectivity index (χ1v) is 12.2. The number of hydrogen-bond acceptors (Lipinski definition) is 4. The lowest BCUT2D eigenvalue weighted by Crippen LogP contribution is -2.44. The van der Waals surface area contributed by atoms with Crippen LogP contribution < -0.4 is 10.6 Å². The van der Waals surface area contributed by atoms with Crippen molar-refractivity contribution in [2.24, 2.45) is 0 Å². The molecular weight excluding hydrogens is 492 g/mol. The maximum Gasteiger partial charge on any atom is 0.324 e. The molecule has 0 aliphatic carbocycles. The Bertz CT molecular complexity index is 1240. The second-order valence-electron chi connectivity index (χ2n) is 9.92. The van der Waals surface area contributed by atoms with Gasteiger partial charge in [-0.1, -0.05) is 76.6 Å². The van der Waals surface area contributed by atoms with E-state index in [2.05, 4.69) is 26.6 Å². The van der Waals surface area contributed by atoms with Crippen molar-refractivity contribution in [1.82, 2.24) is 5.32 Å². The fourth-order valence-electron chi connectivity index (χ4n) is 5.45. The third kappa shape index (κ3) is 3.65. The lowest BCUT2D eigenvalue weighted by Gasteiger charge is -2.35. The minimum atomic E-state index is -1.03. The van der Waals surface area contributed by atoms with Gasteiger partial charge in [0.05, 0.1) is 6.04 Å². The first kappa shape index (κ1) is 22.8. The molecule has 3 aromatic rings. The average Bonchev–Trinajstić information content (AvgIpc) is 3.30. The number of carbonyl (C=O) groups is 2. The number of esters is 1. The van der Waals surface area contributed by atoms with Gasteiger partial charge in [-0.25, -0.2) is 0 Å². The Morgan fingerprint density at radius 1 is 0.912 bits per heavy atom. The van der Waals surface area contributed by atoms with Crippen molar-refractivity contribution < 1.29 is 14.3 Å². The highest BCUT2D eigenvalue weighted by atomic mass is 79.9. The van der Waals surface area contributed by atoms with E-state index in [1.165, 1.54) is 0 Å². The molecule has 0 aromatic heterocycles. The van der Waals surface area contributed by atoms with Crippen LogP contribution in [0.4, 0.5) is 5.69 Å². The van der Waals surface area contributed by atoms with E-state index in [0.29, 0.717) is 0 Å². The van der Waals surface area contributed by atoms with E-state index in [1.807, 2.05) is 99.6 Å². The molecule has 2 aliphatic rings. The molecule has 1 fully saturated rings. The molecule has 1 amide bonds. The molecule has 5 nitrogen and oxygen atoms in total. The molecule has 0 unspecified atom stereocenters. The Morgan fingerprint density at radius 2 is 1.56 bits per heavy atom. The Morgan fingerprint density at radius 3 is 2.24 bits per heavy atom. The van der Waals surface area contributed by atoms with E-state index in [-0.39, 0.29) is 11.9 Å². The van der Waals surface area contributed by atoms with Crippen LogP contribution in [-0.4, -0.2) is 23.5 Å². The summed E-state index contributed by atoms with van der Waals surface area (Å²) in [6.45, 7) is 5.57. The SMILES string of the molecule is CC(C)(C)OC(=O)[C@H]1N[C@H](c2ccccc2)[C@@]2(C(=O)Nc3ccccc32)[C@@H]1c1ccc(Br)cc1. The molecule has 2 aliphatic heterocycles. The molecule has 3 aromatic carbocycles. The highest BCUT2D eigenvalue weighted by Crippen LogP contribution is 2.59. The molecule has 1 saturated heterocycles. The second kappa shape index (κ2) is 8.36. The van der Waals surface area contributed by atoms with Gasteiger partial charge in [0.2, 0.25) is 5.91 Å². The fraction of sp³-hybridized carbons (Fsp3) is 0.286. The van der Waals surface area contributed by atoms with Gasteiger partial charge < -0.3 is 10.1 Å². The van der Waals surface area contributed by atoms with Gasteiger partial charge in [-0.2, -0.15) is 0 Å². The van der Waals surface area contributed by atoms with Gasteiger partial charge in [0.25, 0.3) is 0 Å². The quantitative estimate of drug-likeness (QED) is 0.450. The molecule has 5 rings (SSSR count). The number of amides is 1. The highest BCUT2D eigenvalue weighted by Gasteiger charge is 2.66. The Kier molecular flexibility index (Phi) is 5.61. The monoisotopic (exact) mass is 518 g/mol. The fourth-order valence-corrected chi connectivity index (χ4v) is 5.71. The van der Waals surface area contributed by atoms with Crippen molar-refractivity contribution in [3.05, 3.63) is 100 Å². The molecule has 2 heterocycles. The zero-order valence-electron chi connectivity index (χ0n) is 19.3. The Balaban J connectivity index is 1.77. The molecule has 174 valence electrons. The zero-order valence-corrected chi connectivity index (χ0v) is 20.9. The number of rotatable bonds is 3. The van der Waals surface area contributed by atoms with Gasteiger partial charge in [0.15, 0.2) is 0 Å². The standard InChI is InChI=1S/C28H27BrN2O3/c1-27(2,3)34-25(32)23-22(17-13-15-19(29)16-14-17)28(24(31-23)18-9-5-4-6-10-18)20-11-7-8-12-21(20)30-26(28)33/h4-16,22-24,31H,1-3H3,(H,30,33)/t22-,23+,24-,28+/m1/s1. The molecule has 0 radical (unpaired) electrons. The maximum absolute atomic E-state index is 14.0. The number of anilines is 1. The van der Waals surface area contributed by atoms with Crippen LogP contribution in [0.5, 0.6) is 0 Å². The van der Waals surface area contributed by atoms with Crippen molar-refractivity contribution in [1.29, 1.82) is 0 Å². The molecule has 4 atom stereocenters. The normalized spacial score (nSPS) is 25.8. The molecule has 1 spiro atoms. The molecule has 0 saturated carbocycles. The smallest absolute Gasteiger partial charge is 0.324 e. The van der Waals surface area contributed by atoms with E-state index < -0.39 is 29.0 Å². The van der Waals surface area contributed by atoms with Crippen molar-refractivity contribution in [2.45, 2.75) is 49.8 Å². The number of hydrogen-bond donors (Lipinski definition) is 2. The maximum atomic E-state index is 14.0. The van der Waals surface area contributed by atoms with Crippen LogP contribution in [0.2, 0.25) is 0 Å². The summed E-state index contributed by atoms with van der Waals surface area (Å²) >= 11 is 3.51. The lowest BCUT2D eigenvalue weighted by atomic mass is 9.63. The Hall–Kier alpha value is -2.96. The van der Waals surface area contributed by atoms with Crippen LogP contribution in [0.3, 0.4) is 0 Å². The topological polar surface area (TPSA) is 67.4 Å². The highest BCUT2D eigenvalue weighted by molar-refractivity contribution is 9.10. The van der Waals surface area contributed by atoms with E-state index in [4.69, 9.17) is 4.74 Å². The molecule has 34 heavy (non-hydrogen) atoms. The van der Waals surface area contributed by atoms with Gasteiger partial charge >= 0.3 is 5.97 Å². The summed E-state index contributed by atoms with van der Waals surface area (Å²) in [7, 11) is 0. The van der Waals surface area contributed by atoms with Gasteiger partial charge in [-0.15, -0.1) is 0 Å². The van der Waals surface area contributed by atoms with Gasteiger partial charge in [0.1, 0.15) is 17.1 Å². The summed E-state index contributed by atoms with van der Waals surface area (Å²) in [5.74, 6) is -0.964. The summed E-state index contributed by atoms with van der Waals surface area (Å²) in [6.07, 6.45) is 0. The summed E-state index contributed by atoms with van der Waals surface area (Å²) in [6, 6.07) is 24.4. The van der Waals surface area contributed by atoms with Crippen molar-refractivity contribution >= 4 is 33.5 Å². The molecule has 0 bridgehead atoms. The van der Waals surface area contributed by atoms with Crippen LogP contribution in [0.1, 0.15) is 49.4 Å². The van der Waals surface area contributed by atoms with Crippen molar-refractivity contribution in [2.75, 3.05) is 5.32 Å². The van der Waals surface area contributed by atoms with Gasteiger partial charge in [0, 0.05) is 16.1 Å². The zero-order chi connectivity index (χ0) is 24.1. The molecular formula is C28H27BrN2O3. The largest absolute Gasteiger partial charge is 0.459 e. The first-order valence-electron chi connectivity index (χ1n) is 11.4. The third-order valence-corrected chi connectivity index (χ3v) is 7.17. The van der Waals surface area contributed by atoms with Crippen molar-refractivity contribution in [3.63, 3.8) is 0 Å². The molecule has 6 heteroatoms. The van der Waals surface area contributed by atoms with E-state index >= 15 is 0 Å². The summed E-state index contributed by atoms with van der Waals surface area (Å²) < 4.78 is 6.80. The van der Waals surface area contributed by atoms with Crippen LogP contribution in [0.25, 0.3) is 0 Å². The van der Waals surface area contributed by atoms with Gasteiger partial charge in [-0.05, 0) is 55.7 Å². The van der Waals surface area contributed by atoms with Crippen LogP contribution >= 0.6 is 15.9 Å². The number of carbonyl (C=O) groups excluding carboxylic acids is 2. The minimum absolute atomic E-state index is 0.117. The van der Waals surface area contributed by atoms with E-state index in [9.17, 15) is 9.59 Å². The Labute approximate surface area is 208 Å². The van der Waals surface area contributed by atoms with Gasteiger partial charge in [-0.3, -0.25) is 14.9 Å².